The molecule has 2 aromatic rings. The van der Waals surface area contributed by atoms with Gasteiger partial charge < -0.3 is 4.74 Å². The molecule has 248 valence electrons. The molecule has 0 aliphatic heterocycles. The van der Waals surface area contributed by atoms with Gasteiger partial charge >= 0.3 is 6.11 Å². The Kier molecular flexibility index (Phi) is 11.6. The molecule has 3 fully saturated rings. The second-order valence-electron chi connectivity index (χ2n) is 14.0. The maximum absolute atomic E-state index is 15.4. The Morgan fingerprint density at radius 1 is 0.778 bits per heavy atom. The van der Waals surface area contributed by atoms with Gasteiger partial charge in [0.05, 0.1) is 5.92 Å². The molecule has 0 radical (unpaired) electrons. The van der Waals surface area contributed by atoms with Gasteiger partial charge in [-0.15, -0.1) is 0 Å². The highest BCUT2D eigenvalue weighted by Crippen LogP contribution is 2.47. The van der Waals surface area contributed by atoms with Crippen LogP contribution in [0.3, 0.4) is 0 Å². The standard InChI is InChI=1S/C38H48F6O/c1-2-3-4-5-25-6-8-26(9-7-25)27-10-12-28(13-11-27)30-16-20-33(35(40)22-30)29-14-17-31(18-15-29)38(43,44)45-32-19-21-34(36(41)23-32)37(42)24-39/h16,19-29,31H,2-15,17-18H2,1H3. The summed E-state index contributed by atoms with van der Waals surface area (Å²) >= 11 is 0. The van der Waals surface area contributed by atoms with Crippen LogP contribution in [0.2, 0.25) is 0 Å². The summed E-state index contributed by atoms with van der Waals surface area (Å²) in [6.45, 7) is 2.27. The topological polar surface area (TPSA) is 9.23 Å². The Labute approximate surface area is 264 Å². The van der Waals surface area contributed by atoms with Crippen LogP contribution in [0.4, 0.5) is 26.3 Å². The minimum atomic E-state index is -3.58. The Bertz CT molecular complexity index is 1270. The molecule has 0 saturated heterocycles. The summed E-state index contributed by atoms with van der Waals surface area (Å²) in [4.78, 5) is 0. The number of benzene rings is 2. The summed E-state index contributed by atoms with van der Waals surface area (Å²) in [6.07, 6.45) is 12.7. The molecule has 3 saturated carbocycles. The highest BCUT2D eigenvalue weighted by atomic mass is 19.3. The van der Waals surface area contributed by atoms with E-state index in [1.54, 1.807) is 6.07 Å². The van der Waals surface area contributed by atoms with Gasteiger partial charge in [0.15, 0.2) is 5.83 Å². The molecular formula is C38H48F6O. The molecule has 0 atom stereocenters. The van der Waals surface area contributed by atoms with Crippen LogP contribution in [0, 0.1) is 35.3 Å². The van der Waals surface area contributed by atoms with Gasteiger partial charge in [0.25, 0.3) is 0 Å². The molecule has 0 N–H and O–H groups in total. The normalized spacial score (nSPS) is 28.2. The van der Waals surface area contributed by atoms with E-state index in [2.05, 4.69) is 6.92 Å². The van der Waals surface area contributed by atoms with Crippen LogP contribution in [0.25, 0.3) is 5.83 Å². The van der Waals surface area contributed by atoms with Crippen molar-refractivity contribution in [1.82, 2.24) is 0 Å². The van der Waals surface area contributed by atoms with Gasteiger partial charge in [0, 0.05) is 11.6 Å². The molecule has 7 heteroatoms. The van der Waals surface area contributed by atoms with Crippen LogP contribution >= 0.6 is 0 Å². The average molecular weight is 635 g/mol. The fourth-order valence-corrected chi connectivity index (χ4v) is 8.48. The Balaban J connectivity index is 1.09. The van der Waals surface area contributed by atoms with Crippen LogP contribution in [0.1, 0.15) is 138 Å². The van der Waals surface area contributed by atoms with Gasteiger partial charge in [0.1, 0.15) is 23.7 Å². The Hall–Kier alpha value is -2.44. The predicted molar refractivity (Wildman–Crippen MR) is 168 cm³/mol. The third-order valence-electron chi connectivity index (χ3n) is 11.2. The molecule has 0 bridgehead atoms. The van der Waals surface area contributed by atoms with E-state index in [0.717, 1.165) is 48.3 Å². The highest BCUT2D eigenvalue weighted by molar-refractivity contribution is 5.59. The SMILES string of the molecule is CCCCCC1CCC(C2CCC(c3ccc(C4CCC(C(F)(F)Oc5ccc(C(F)=CF)c(F)c5)CC4)c(F)c3)CC2)CC1. The number of halogens is 6. The quantitative estimate of drug-likeness (QED) is 0.177. The summed E-state index contributed by atoms with van der Waals surface area (Å²) in [7, 11) is 0. The number of rotatable bonds is 11. The van der Waals surface area contributed by atoms with E-state index < -0.39 is 41.3 Å². The summed E-state index contributed by atoms with van der Waals surface area (Å²) in [6, 6.07) is 8.08. The zero-order chi connectivity index (χ0) is 32.0. The molecule has 0 aromatic heterocycles. The molecule has 0 unspecified atom stereocenters. The zero-order valence-electron chi connectivity index (χ0n) is 26.5. The highest BCUT2D eigenvalue weighted by Gasteiger charge is 2.44. The fourth-order valence-electron chi connectivity index (χ4n) is 8.48. The van der Waals surface area contributed by atoms with Crippen molar-refractivity contribution >= 4 is 5.83 Å². The minimum Gasteiger partial charge on any atom is -0.432 e. The molecule has 0 amide bonds. The lowest BCUT2D eigenvalue weighted by Crippen LogP contribution is -2.37. The molecule has 2 aromatic carbocycles. The van der Waals surface area contributed by atoms with E-state index in [4.69, 9.17) is 4.74 Å². The monoisotopic (exact) mass is 634 g/mol. The van der Waals surface area contributed by atoms with E-state index in [1.807, 2.05) is 12.1 Å². The van der Waals surface area contributed by atoms with Crippen molar-refractivity contribution in [3.8, 4) is 5.75 Å². The smallest absolute Gasteiger partial charge is 0.400 e. The first-order valence-corrected chi connectivity index (χ1v) is 17.3. The van der Waals surface area contributed by atoms with Crippen LogP contribution in [-0.2, 0) is 0 Å². The number of ether oxygens (including phenoxy) is 1. The largest absolute Gasteiger partial charge is 0.432 e. The van der Waals surface area contributed by atoms with E-state index in [9.17, 15) is 22.0 Å². The lowest BCUT2D eigenvalue weighted by atomic mass is 9.68. The Morgan fingerprint density at radius 3 is 2.02 bits per heavy atom. The third kappa shape index (κ3) is 8.48. The second-order valence-corrected chi connectivity index (χ2v) is 14.0. The van der Waals surface area contributed by atoms with Crippen molar-refractivity contribution in [2.75, 3.05) is 0 Å². The minimum absolute atomic E-state index is 0.128. The first-order valence-electron chi connectivity index (χ1n) is 17.3. The van der Waals surface area contributed by atoms with Crippen LogP contribution in [0.15, 0.2) is 42.7 Å². The summed E-state index contributed by atoms with van der Waals surface area (Å²) in [5, 5.41) is 0. The van der Waals surface area contributed by atoms with Crippen molar-refractivity contribution in [2.45, 2.75) is 128 Å². The van der Waals surface area contributed by atoms with E-state index >= 15 is 4.39 Å². The third-order valence-corrected chi connectivity index (χ3v) is 11.2. The number of hydrogen-bond donors (Lipinski definition) is 0. The zero-order valence-corrected chi connectivity index (χ0v) is 26.5. The fraction of sp³-hybridized carbons (Fsp3) is 0.632. The van der Waals surface area contributed by atoms with Crippen LogP contribution in [-0.4, -0.2) is 6.11 Å². The van der Waals surface area contributed by atoms with Gasteiger partial charge in [-0.2, -0.15) is 8.78 Å². The van der Waals surface area contributed by atoms with Crippen molar-refractivity contribution < 1.29 is 31.1 Å². The van der Waals surface area contributed by atoms with Crippen molar-refractivity contribution in [1.29, 1.82) is 0 Å². The number of hydrogen-bond acceptors (Lipinski definition) is 1. The summed E-state index contributed by atoms with van der Waals surface area (Å²) in [5.41, 5.74) is 0.981. The summed E-state index contributed by atoms with van der Waals surface area (Å²) in [5.74, 6) is -1.62. The van der Waals surface area contributed by atoms with Gasteiger partial charge in [-0.25, -0.2) is 17.6 Å². The predicted octanol–water partition coefficient (Wildman–Crippen LogP) is 12.8. The molecule has 0 spiro atoms. The average Bonchev–Trinajstić information content (AvgIpc) is 3.05. The first-order chi connectivity index (χ1) is 21.7. The lowest BCUT2D eigenvalue weighted by molar-refractivity contribution is -0.222. The molecule has 3 aliphatic carbocycles. The van der Waals surface area contributed by atoms with Crippen LogP contribution < -0.4 is 4.74 Å². The molecule has 0 heterocycles. The molecule has 1 nitrogen and oxygen atoms in total. The van der Waals surface area contributed by atoms with Crippen LogP contribution in [0.5, 0.6) is 5.75 Å². The molecular weight excluding hydrogens is 586 g/mol. The van der Waals surface area contributed by atoms with Crippen molar-refractivity contribution in [3.63, 3.8) is 0 Å². The number of alkyl halides is 2. The van der Waals surface area contributed by atoms with Gasteiger partial charge in [0.2, 0.25) is 0 Å². The van der Waals surface area contributed by atoms with Crippen molar-refractivity contribution in [3.05, 3.63) is 71.1 Å². The van der Waals surface area contributed by atoms with E-state index in [0.29, 0.717) is 30.4 Å². The van der Waals surface area contributed by atoms with Gasteiger partial charge in [-0.1, -0.05) is 57.6 Å². The molecule has 3 aliphatic rings. The lowest BCUT2D eigenvalue weighted by Gasteiger charge is -2.38. The van der Waals surface area contributed by atoms with Crippen molar-refractivity contribution in [2.24, 2.45) is 23.7 Å². The number of unbranched alkanes of at least 4 members (excludes halogenated alkanes) is 2. The second kappa shape index (κ2) is 15.4. The van der Waals surface area contributed by atoms with E-state index in [-0.39, 0.29) is 24.6 Å². The maximum atomic E-state index is 15.4. The Morgan fingerprint density at radius 2 is 1.42 bits per heavy atom. The van der Waals surface area contributed by atoms with Gasteiger partial charge in [-0.3, -0.25) is 0 Å². The first kappa shape index (κ1) is 33.9. The summed E-state index contributed by atoms with van der Waals surface area (Å²) < 4.78 is 90.0. The maximum Gasteiger partial charge on any atom is 0.400 e. The van der Waals surface area contributed by atoms with Gasteiger partial charge in [-0.05, 0) is 123 Å². The molecule has 5 rings (SSSR count). The molecule has 45 heavy (non-hydrogen) atoms. The van der Waals surface area contributed by atoms with E-state index in [1.165, 1.54) is 64.2 Å².